The molecule has 162 valence electrons. The molecule has 4 rings (SSSR count). The lowest BCUT2D eigenvalue weighted by atomic mass is 10.0. The van der Waals surface area contributed by atoms with Crippen LogP contribution in [0, 0.1) is 0 Å². The molecular weight excluding hydrogens is 412 g/mol. The van der Waals surface area contributed by atoms with Gasteiger partial charge in [-0.05, 0) is 36.4 Å². The number of para-hydroxylation sites is 1. The molecule has 9 nitrogen and oxygen atoms in total. The van der Waals surface area contributed by atoms with Crippen molar-refractivity contribution < 1.29 is 23.8 Å². The van der Waals surface area contributed by atoms with E-state index in [1.807, 2.05) is 6.07 Å². The van der Waals surface area contributed by atoms with Gasteiger partial charge in [-0.25, -0.2) is 19.0 Å². The van der Waals surface area contributed by atoms with Gasteiger partial charge < -0.3 is 14.2 Å². The van der Waals surface area contributed by atoms with Crippen molar-refractivity contribution in [2.24, 2.45) is 0 Å². The first-order valence-electron chi connectivity index (χ1n) is 9.62. The first kappa shape index (κ1) is 20.9. The molecule has 0 saturated heterocycles. The summed E-state index contributed by atoms with van der Waals surface area (Å²) in [6.07, 6.45) is 3.40. The van der Waals surface area contributed by atoms with E-state index in [0.29, 0.717) is 22.7 Å². The fourth-order valence-electron chi connectivity index (χ4n) is 3.39. The highest BCUT2D eigenvalue weighted by Gasteiger charge is 2.32. The number of rotatable bonds is 6. The first-order valence-corrected chi connectivity index (χ1v) is 9.62. The van der Waals surface area contributed by atoms with Gasteiger partial charge in [0.2, 0.25) is 0 Å². The van der Waals surface area contributed by atoms with Crippen LogP contribution < -0.4 is 4.74 Å². The molecule has 0 fully saturated rings. The van der Waals surface area contributed by atoms with E-state index < -0.39 is 11.9 Å². The topological polar surface area (TPSA) is 97.5 Å². The van der Waals surface area contributed by atoms with Crippen molar-refractivity contribution in [3.8, 4) is 28.4 Å². The van der Waals surface area contributed by atoms with Gasteiger partial charge in [0.25, 0.3) is 0 Å². The van der Waals surface area contributed by atoms with Gasteiger partial charge in [-0.15, -0.1) is 0 Å². The van der Waals surface area contributed by atoms with Crippen molar-refractivity contribution >= 4 is 11.9 Å². The SMILES string of the molecule is COC(=O)c1c(-c2cc(OC)ccc2-n2cccn2)nn(-c2ccccc2)c1C(=O)OC. The number of aromatic nitrogens is 4. The Morgan fingerprint density at radius 3 is 2.28 bits per heavy atom. The minimum atomic E-state index is -0.725. The Morgan fingerprint density at radius 1 is 0.906 bits per heavy atom. The van der Waals surface area contributed by atoms with Crippen molar-refractivity contribution in [1.82, 2.24) is 19.6 Å². The largest absolute Gasteiger partial charge is 0.497 e. The highest BCUT2D eigenvalue weighted by Crippen LogP contribution is 2.35. The Morgan fingerprint density at radius 2 is 1.66 bits per heavy atom. The molecule has 4 aromatic rings. The molecule has 0 atom stereocenters. The zero-order valence-electron chi connectivity index (χ0n) is 17.7. The van der Waals surface area contributed by atoms with Crippen LogP contribution in [0.4, 0.5) is 0 Å². The number of esters is 2. The predicted molar refractivity (Wildman–Crippen MR) is 115 cm³/mol. The lowest BCUT2D eigenvalue weighted by Gasteiger charge is -2.11. The van der Waals surface area contributed by atoms with E-state index in [9.17, 15) is 9.59 Å². The number of hydrogen-bond acceptors (Lipinski definition) is 7. The molecule has 0 aliphatic heterocycles. The second-order valence-corrected chi connectivity index (χ2v) is 6.64. The Kier molecular flexibility index (Phi) is 5.71. The number of ether oxygens (including phenoxy) is 3. The third-order valence-electron chi connectivity index (χ3n) is 4.86. The highest BCUT2D eigenvalue weighted by molar-refractivity contribution is 6.07. The van der Waals surface area contributed by atoms with Crippen LogP contribution in [0.3, 0.4) is 0 Å². The molecule has 0 aliphatic rings. The summed E-state index contributed by atoms with van der Waals surface area (Å²) >= 11 is 0. The standard InChI is InChI=1S/C23H20N4O5/c1-30-16-10-11-18(26-13-7-12-24-26)17(14-16)20-19(22(28)31-2)21(23(29)32-3)27(25-20)15-8-5-4-6-9-15/h4-14H,1-3H3. The molecule has 2 aromatic carbocycles. The minimum Gasteiger partial charge on any atom is -0.497 e. The monoisotopic (exact) mass is 432 g/mol. The molecule has 0 spiro atoms. The molecule has 32 heavy (non-hydrogen) atoms. The molecule has 0 amide bonds. The van der Waals surface area contributed by atoms with Crippen molar-refractivity contribution in [2.75, 3.05) is 21.3 Å². The van der Waals surface area contributed by atoms with Gasteiger partial charge in [0.1, 0.15) is 17.0 Å². The van der Waals surface area contributed by atoms with Gasteiger partial charge in [-0.1, -0.05) is 18.2 Å². The average Bonchev–Trinajstić information content (AvgIpc) is 3.51. The van der Waals surface area contributed by atoms with Crippen LogP contribution in [0.1, 0.15) is 20.8 Å². The van der Waals surface area contributed by atoms with Crippen LogP contribution in [0.25, 0.3) is 22.6 Å². The smallest absolute Gasteiger partial charge is 0.357 e. The lowest BCUT2D eigenvalue weighted by Crippen LogP contribution is -2.15. The summed E-state index contributed by atoms with van der Waals surface area (Å²) in [5.74, 6) is -0.908. The summed E-state index contributed by atoms with van der Waals surface area (Å²) in [5.41, 5.74) is 1.89. The predicted octanol–water partition coefficient (Wildman–Crippen LogP) is 3.31. The molecule has 0 N–H and O–H groups in total. The van der Waals surface area contributed by atoms with E-state index >= 15 is 0 Å². The second kappa shape index (κ2) is 8.76. The van der Waals surface area contributed by atoms with Crippen LogP contribution in [-0.2, 0) is 9.47 Å². The molecule has 0 saturated carbocycles. The first-order chi connectivity index (χ1) is 15.6. The summed E-state index contributed by atoms with van der Waals surface area (Å²) in [7, 11) is 4.02. The third-order valence-corrected chi connectivity index (χ3v) is 4.86. The van der Waals surface area contributed by atoms with Crippen molar-refractivity contribution in [1.29, 1.82) is 0 Å². The molecule has 0 radical (unpaired) electrons. The van der Waals surface area contributed by atoms with Crippen molar-refractivity contribution in [2.45, 2.75) is 0 Å². The Balaban J connectivity index is 2.09. The quantitative estimate of drug-likeness (QED) is 0.431. The summed E-state index contributed by atoms with van der Waals surface area (Å²) < 4.78 is 18.4. The van der Waals surface area contributed by atoms with E-state index in [1.165, 1.54) is 26.0 Å². The van der Waals surface area contributed by atoms with Crippen LogP contribution in [0.2, 0.25) is 0 Å². The summed E-state index contributed by atoms with van der Waals surface area (Å²) in [5, 5.41) is 8.95. The number of benzene rings is 2. The number of nitrogens with zero attached hydrogens (tertiary/aromatic N) is 4. The van der Waals surface area contributed by atoms with Crippen LogP contribution in [0.5, 0.6) is 5.75 Å². The van der Waals surface area contributed by atoms with E-state index in [1.54, 1.807) is 65.6 Å². The second-order valence-electron chi connectivity index (χ2n) is 6.64. The zero-order valence-corrected chi connectivity index (χ0v) is 17.7. The fourth-order valence-corrected chi connectivity index (χ4v) is 3.39. The highest BCUT2D eigenvalue weighted by atomic mass is 16.5. The van der Waals surface area contributed by atoms with E-state index in [0.717, 1.165) is 0 Å². The van der Waals surface area contributed by atoms with Gasteiger partial charge in [0, 0.05) is 18.0 Å². The maximum Gasteiger partial charge on any atom is 0.357 e. The molecule has 9 heteroatoms. The molecular formula is C23H20N4O5. The lowest BCUT2D eigenvalue weighted by molar-refractivity contribution is 0.0549. The molecule has 2 aromatic heterocycles. The third kappa shape index (κ3) is 3.60. The van der Waals surface area contributed by atoms with E-state index in [-0.39, 0.29) is 17.0 Å². The van der Waals surface area contributed by atoms with E-state index in [4.69, 9.17) is 14.2 Å². The fraction of sp³-hybridized carbons (Fsp3) is 0.130. The molecule has 0 unspecified atom stereocenters. The number of methoxy groups -OCH3 is 3. The molecule has 2 heterocycles. The van der Waals surface area contributed by atoms with Crippen molar-refractivity contribution in [3.63, 3.8) is 0 Å². The number of carbonyl (C=O) groups is 2. The van der Waals surface area contributed by atoms with Crippen LogP contribution in [-0.4, -0.2) is 52.8 Å². The average molecular weight is 432 g/mol. The summed E-state index contributed by atoms with van der Waals surface area (Å²) in [4.78, 5) is 25.7. The van der Waals surface area contributed by atoms with E-state index in [2.05, 4.69) is 10.2 Å². The van der Waals surface area contributed by atoms with Gasteiger partial charge in [0.05, 0.1) is 32.7 Å². The Bertz CT molecular complexity index is 1260. The number of carbonyl (C=O) groups excluding carboxylic acids is 2. The normalized spacial score (nSPS) is 10.6. The maximum atomic E-state index is 12.9. The Labute approximate surface area is 183 Å². The minimum absolute atomic E-state index is 0.0233. The van der Waals surface area contributed by atoms with Crippen molar-refractivity contribution in [3.05, 3.63) is 78.2 Å². The Hall–Kier alpha value is -4.40. The molecule has 0 aliphatic carbocycles. The van der Waals surface area contributed by atoms with Gasteiger partial charge in [0.15, 0.2) is 5.69 Å². The maximum absolute atomic E-state index is 12.9. The summed E-state index contributed by atoms with van der Waals surface area (Å²) in [6.45, 7) is 0. The van der Waals surface area contributed by atoms with Crippen LogP contribution in [0.15, 0.2) is 67.0 Å². The van der Waals surface area contributed by atoms with Gasteiger partial charge in [-0.2, -0.15) is 10.2 Å². The molecule has 0 bridgehead atoms. The summed E-state index contributed by atoms with van der Waals surface area (Å²) in [6, 6.07) is 16.0. The number of hydrogen-bond donors (Lipinski definition) is 0. The van der Waals surface area contributed by atoms with Crippen LogP contribution >= 0.6 is 0 Å². The van der Waals surface area contributed by atoms with Gasteiger partial charge in [-0.3, -0.25) is 0 Å². The zero-order chi connectivity index (χ0) is 22.7. The van der Waals surface area contributed by atoms with Gasteiger partial charge >= 0.3 is 11.9 Å².